The molecule has 2 aromatic rings. The smallest absolute Gasteiger partial charge is 0.337 e. The second kappa shape index (κ2) is 6.49. The number of carbonyl (C=O) groups is 1. The SMILES string of the molecule is COc1cc(N)c(C(=O)O)cc1OCc1cccc(Br)c1. The van der Waals surface area contributed by atoms with Crippen LogP contribution < -0.4 is 15.2 Å². The van der Waals surface area contributed by atoms with Crippen molar-refractivity contribution in [3.05, 3.63) is 52.0 Å². The third-order valence-electron chi connectivity index (χ3n) is 2.85. The highest BCUT2D eigenvalue weighted by atomic mass is 79.9. The number of hydrogen-bond donors (Lipinski definition) is 2. The molecule has 21 heavy (non-hydrogen) atoms. The van der Waals surface area contributed by atoms with E-state index in [4.69, 9.17) is 20.3 Å². The van der Waals surface area contributed by atoms with Gasteiger partial charge in [-0.15, -0.1) is 0 Å². The zero-order valence-electron chi connectivity index (χ0n) is 11.3. The molecule has 0 aliphatic rings. The van der Waals surface area contributed by atoms with Gasteiger partial charge in [0, 0.05) is 16.6 Å². The number of aromatic carboxylic acids is 1. The molecule has 2 aromatic carbocycles. The molecule has 110 valence electrons. The van der Waals surface area contributed by atoms with Crippen LogP contribution >= 0.6 is 15.9 Å². The van der Waals surface area contributed by atoms with Gasteiger partial charge in [0.2, 0.25) is 0 Å². The molecule has 5 nitrogen and oxygen atoms in total. The Morgan fingerprint density at radius 2 is 2.05 bits per heavy atom. The van der Waals surface area contributed by atoms with Crippen molar-refractivity contribution in [1.82, 2.24) is 0 Å². The van der Waals surface area contributed by atoms with E-state index < -0.39 is 5.97 Å². The quantitative estimate of drug-likeness (QED) is 0.807. The lowest BCUT2D eigenvalue weighted by Crippen LogP contribution is -2.05. The van der Waals surface area contributed by atoms with Crippen LogP contribution in [0.15, 0.2) is 40.9 Å². The first kappa shape index (κ1) is 15.2. The number of anilines is 1. The molecule has 0 aliphatic heterocycles. The first-order valence-corrected chi connectivity index (χ1v) is 6.88. The number of benzene rings is 2. The average molecular weight is 352 g/mol. The van der Waals surface area contributed by atoms with E-state index in [1.54, 1.807) is 0 Å². The summed E-state index contributed by atoms with van der Waals surface area (Å²) >= 11 is 3.38. The van der Waals surface area contributed by atoms with Gasteiger partial charge in [0.05, 0.1) is 18.4 Å². The normalized spacial score (nSPS) is 10.2. The summed E-state index contributed by atoms with van der Waals surface area (Å²) in [6.07, 6.45) is 0. The van der Waals surface area contributed by atoms with E-state index >= 15 is 0 Å². The fourth-order valence-corrected chi connectivity index (χ4v) is 2.27. The molecule has 0 atom stereocenters. The zero-order chi connectivity index (χ0) is 15.4. The second-order valence-corrected chi connectivity index (χ2v) is 5.23. The molecule has 0 unspecified atom stereocenters. The highest BCUT2D eigenvalue weighted by Gasteiger charge is 2.14. The molecule has 0 aromatic heterocycles. The number of ether oxygens (including phenoxy) is 2. The summed E-state index contributed by atoms with van der Waals surface area (Å²) in [5.41, 5.74) is 6.74. The first-order chi connectivity index (χ1) is 10.0. The highest BCUT2D eigenvalue weighted by molar-refractivity contribution is 9.10. The minimum absolute atomic E-state index is 0.0138. The zero-order valence-corrected chi connectivity index (χ0v) is 12.9. The van der Waals surface area contributed by atoms with Gasteiger partial charge in [0.15, 0.2) is 11.5 Å². The molecule has 0 radical (unpaired) electrons. The summed E-state index contributed by atoms with van der Waals surface area (Å²) in [7, 11) is 1.47. The molecule has 0 aliphatic carbocycles. The van der Waals surface area contributed by atoms with Crippen molar-refractivity contribution >= 4 is 27.6 Å². The van der Waals surface area contributed by atoms with Crippen LogP contribution in [0.3, 0.4) is 0 Å². The molecule has 0 amide bonds. The van der Waals surface area contributed by atoms with Gasteiger partial charge in [-0.1, -0.05) is 28.1 Å². The van der Waals surface area contributed by atoms with E-state index in [0.29, 0.717) is 18.1 Å². The van der Waals surface area contributed by atoms with Crippen molar-refractivity contribution in [3.8, 4) is 11.5 Å². The Balaban J connectivity index is 2.26. The van der Waals surface area contributed by atoms with Gasteiger partial charge < -0.3 is 20.3 Å². The lowest BCUT2D eigenvalue weighted by Gasteiger charge is -2.13. The van der Waals surface area contributed by atoms with Crippen LogP contribution in [-0.4, -0.2) is 18.2 Å². The summed E-state index contributed by atoms with van der Waals surface area (Å²) in [6.45, 7) is 0.290. The maximum absolute atomic E-state index is 11.1. The molecule has 0 bridgehead atoms. The van der Waals surface area contributed by atoms with Crippen molar-refractivity contribution in [2.45, 2.75) is 6.61 Å². The molecular formula is C15H14BrNO4. The molecule has 2 rings (SSSR count). The Hall–Kier alpha value is -2.21. The summed E-state index contributed by atoms with van der Waals surface area (Å²) in [5.74, 6) is -0.376. The van der Waals surface area contributed by atoms with Gasteiger partial charge >= 0.3 is 5.97 Å². The Morgan fingerprint density at radius 3 is 2.67 bits per heavy atom. The van der Waals surface area contributed by atoms with Crippen molar-refractivity contribution in [2.24, 2.45) is 0 Å². The largest absolute Gasteiger partial charge is 0.493 e. The number of nitrogens with two attached hydrogens (primary N) is 1. The summed E-state index contributed by atoms with van der Waals surface area (Å²) in [5, 5.41) is 9.09. The second-order valence-electron chi connectivity index (χ2n) is 4.31. The molecule has 0 fully saturated rings. The number of methoxy groups -OCH3 is 1. The Kier molecular flexibility index (Phi) is 4.70. The fourth-order valence-electron chi connectivity index (χ4n) is 1.82. The molecule has 0 heterocycles. The van der Waals surface area contributed by atoms with Gasteiger partial charge in [-0.25, -0.2) is 4.79 Å². The topological polar surface area (TPSA) is 81.8 Å². The van der Waals surface area contributed by atoms with Gasteiger partial charge in [0.25, 0.3) is 0 Å². The maximum atomic E-state index is 11.1. The van der Waals surface area contributed by atoms with E-state index in [-0.39, 0.29) is 11.3 Å². The minimum Gasteiger partial charge on any atom is -0.493 e. The highest BCUT2D eigenvalue weighted by Crippen LogP contribution is 2.33. The first-order valence-electron chi connectivity index (χ1n) is 6.09. The third-order valence-corrected chi connectivity index (χ3v) is 3.34. The van der Waals surface area contributed by atoms with Crippen LogP contribution in [0.5, 0.6) is 11.5 Å². The summed E-state index contributed by atoms with van der Waals surface area (Å²) in [6, 6.07) is 10.4. The number of nitrogen functional groups attached to an aromatic ring is 1. The lowest BCUT2D eigenvalue weighted by molar-refractivity contribution is 0.0697. The van der Waals surface area contributed by atoms with Crippen LogP contribution in [0.4, 0.5) is 5.69 Å². The van der Waals surface area contributed by atoms with E-state index in [2.05, 4.69) is 15.9 Å². The average Bonchev–Trinajstić information content (AvgIpc) is 2.45. The molecule has 0 saturated heterocycles. The predicted molar refractivity (Wildman–Crippen MR) is 82.8 cm³/mol. The van der Waals surface area contributed by atoms with Crippen LogP contribution in [0.25, 0.3) is 0 Å². The molecule has 0 saturated carbocycles. The Labute approximate surface area is 130 Å². The lowest BCUT2D eigenvalue weighted by atomic mass is 10.1. The van der Waals surface area contributed by atoms with E-state index in [0.717, 1.165) is 10.0 Å². The number of carboxylic acids is 1. The predicted octanol–water partition coefficient (Wildman–Crippen LogP) is 3.32. The van der Waals surface area contributed by atoms with Gasteiger partial charge in [-0.2, -0.15) is 0 Å². The molecule has 6 heteroatoms. The Bertz CT molecular complexity index is 673. The van der Waals surface area contributed by atoms with Crippen molar-refractivity contribution in [2.75, 3.05) is 12.8 Å². The fraction of sp³-hybridized carbons (Fsp3) is 0.133. The van der Waals surface area contributed by atoms with Gasteiger partial charge in [-0.3, -0.25) is 0 Å². The van der Waals surface area contributed by atoms with Gasteiger partial charge in [0.1, 0.15) is 6.61 Å². The molecule has 0 spiro atoms. The maximum Gasteiger partial charge on any atom is 0.337 e. The van der Waals surface area contributed by atoms with E-state index in [1.807, 2.05) is 24.3 Å². The molecule has 3 N–H and O–H groups in total. The van der Waals surface area contributed by atoms with Gasteiger partial charge in [-0.05, 0) is 17.7 Å². The van der Waals surface area contributed by atoms with Crippen LogP contribution in [0, 0.1) is 0 Å². The number of carboxylic acid groups (broad SMARTS) is 1. The van der Waals surface area contributed by atoms with Crippen molar-refractivity contribution in [3.63, 3.8) is 0 Å². The van der Waals surface area contributed by atoms with Crippen LogP contribution in [0.1, 0.15) is 15.9 Å². The van der Waals surface area contributed by atoms with Crippen molar-refractivity contribution < 1.29 is 19.4 Å². The number of rotatable bonds is 5. The van der Waals surface area contributed by atoms with Crippen LogP contribution in [-0.2, 0) is 6.61 Å². The summed E-state index contributed by atoms with van der Waals surface area (Å²) < 4.78 is 11.8. The minimum atomic E-state index is -1.11. The van der Waals surface area contributed by atoms with E-state index in [1.165, 1.54) is 19.2 Å². The van der Waals surface area contributed by atoms with Crippen LogP contribution in [0.2, 0.25) is 0 Å². The monoisotopic (exact) mass is 351 g/mol. The standard InChI is InChI=1S/C15H14BrNO4/c1-20-13-7-12(17)11(15(18)19)6-14(13)21-8-9-3-2-4-10(16)5-9/h2-7H,8,17H2,1H3,(H,18,19). The Morgan fingerprint density at radius 1 is 1.29 bits per heavy atom. The number of hydrogen-bond acceptors (Lipinski definition) is 4. The summed E-state index contributed by atoms with van der Waals surface area (Å²) in [4.78, 5) is 11.1. The van der Waals surface area contributed by atoms with Crippen molar-refractivity contribution in [1.29, 1.82) is 0 Å². The third kappa shape index (κ3) is 3.66. The number of halogens is 1. The van der Waals surface area contributed by atoms with E-state index in [9.17, 15) is 4.79 Å². The molecular weight excluding hydrogens is 338 g/mol.